The first-order valence-corrected chi connectivity index (χ1v) is 41.3. The fourth-order valence-electron chi connectivity index (χ4n) is 11.2. The highest BCUT2D eigenvalue weighted by Crippen LogP contribution is 2.45. The molecule has 546 valence electrons. The molecule has 0 saturated carbocycles. The lowest BCUT2D eigenvalue weighted by Gasteiger charge is -2.21. The number of ether oxygens (including phenoxy) is 4. The molecule has 0 spiro atoms. The summed E-state index contributed by atoms with van der Waals surface area (Å²) >= 11 is 0. The Morgan fingerprint density at radius 3 is 0.641 bits per heavy atom. The van der Waals surface area contributed by atoms with Crippen LogP contribution >= 0.6 is 15.6 Å². The summed E-state index contributed by atoms with van der Waals surface area (Å²) in [5.41, 5.74) is 0. The molecule has 0 aliphatic heterocycles. The highest BCUT2D eigenvalue weighted by molar-refractivity contribution is 7.47. The van der Waals surface area contributed by atoms with Crippen LogP contribution in [0, 0.1) is 0 Å². The van der Waals surface area contributed by atoms with E-state index in [0.29, 0.717) is 25.7 Å². The normalized spacial score (nSPS) is 13.9. The summed E-state index contributed by atoms with van der Waals surface area (Å²) in [6.45, 7) is 4.89. The first-order chi connectivity index (χ1) is 44.7. The Labute approximate surface area is 562 Å². The molecule has 0 heterocycles. The zero-order chi connectivity index (χ0) is 67.5. The topological polar surface area (TPSA) is 237 Å². The summed E-state index contributed by atoms with van der Waals surface area (Å²) in [6.07, 6.45) is 57.3. The van der Waals surface area contributed by atoms with Crippen molar-refractivity contribution in [2.75, 3.05) is 39.6 Å². The van der Waals surface area contributed by atoms with Gasteiger partial charge in [0.1, 0.15) is 19.3 Å². The van der Waals surface area contributed by atoms with Crippen molar-refractivity contribution in [3.8, 4) is 0 Å². The molecule has 0 aromatic rings. The van der Waals surface area contributed by atoms with Gasteiger partial charge in [0.2, 0.25) is 0 Å². The molecular formula is C73H142O17P2. The lowest BCUT2D eigenvalue weighted by atomic mass is 10.0. The van der Waals surface area contributed by atoms with Crippen LogP contribution in [-0.4, -0.2) is 96.7 Å². The maximum atomic E-state index is 13.1. The van der Waals surface area contributed by atoms with E-state index in [1.807, 2.05) is 0 Å². The van der Waals surface area contributed by atoms with Crippen LogP contribution in [0.1, 0.15) is 387 Å². The summed E-state index contributed by atoms with van der Waals surface area (Å²) < 4.78 is 68.2. The highest BCUT2D eigenvalue weighted by Gasteiger charge is 2.30. The number of phosphoric acid groups is 2. The number of aliphatic hydroxyl groups is 1. The van der Waals surface area contributed by atoms with Crippen molar-refractivity contribution in [2.24, 2.45) is 0 Å². The van der Waals surface area contributed by atoms with Crippen molar-refractivity contribution < 1.29 is 80.2 Å². The van der Waals surface area contributed by atoms with E-state index in [0.717, 1.165) is 109 Å². The second-order valence-corrected chi connectivity index (χ2v) is 29.2. The Kier molecular flexibility index (Phi) is 66.2. The fourth-order valence-corrected chi connectivity index (χ4v) is 12.8. The summed E-state index contributed by atoms with van der Waals surface area (Å²) in [6, 6.07) is 0. The van der Waals surface area contributed by atoms with Gasteiger partial charge in [0.25, 0.3) is 0 Å². The molecule has 3 N–H and O–H groups in total. The zero-order valence-corrected chi connectivity index (χ0v) is 61.3. The van der Waals surface area contributed by atoms with Gasteiger partial charge in [-0.2, -0.15) is 0 Å². The average Bonchev–Trinajstić information content (AvgIpc) is 2.47. The molecule has 0 bridgehead atoms. The van der Waals surface area contributed by atoms with E-state index >= 15 is 0 Å². The molecule has 5 atom stereocenters. The SMILES string of the molecule is CCCCCCCCCCCCCCCCCCCCCCC(=O)O[C@H](COC(=O)CCCCCCCCCCCCCCCCCCC)COP(=O)(O)OC[C@@H](O)COP(=O)(O)OC[C@@H](COC(=O)CCCCCCCCC)OC(=O)CCCCCCCCCC. The lowest BCUT2D eigenvalue weighted by molar-refractivity contribution is -0.161. The van der Waals surface area contributed by atoms with Crippen molar-refractivity contribution >= 4 is 39.5 Å². The zero-order valence-electron chi connectivity index (χ0n) is 59.5. The molecule has 19 heteroatoms. The van der Waals surface area contributed by atoms with Crippen molar-refractivity contribution in [1.82, 2.24) is 0 Å². The first-order valence-electron chi connectivity index (χ1n) is 38.3. The second kappa shape index (κ2) is 67.6. The van der Waals surface area contributed by atoms with Gasteiger partial charge in [-0.25, -0.2) is 9.13 Å². The lowest BCUT2D eigenvalue weighted by Crippen LogP contribution is -2.30. The van der Waals surface area contributed by atoms with Crippen molar-refractivity contribution in [3.63, 3.8) is 0 Å². The van der Waals surface area contributed by atoms with Gasteiger partial charge in [-0.1, -0.05) is 336 Å². The molecule has 2 unspecified atom stereocenters. The minimum absolute atomic E-state index is 0.105. The van der Waals surface area contributed by atoms with Gasteiger partial charge in [0.05, 0.1) is 26.4 Å². The predicted octanol–water partition coefficient (Wildman–Crippen LogP) is 21.4. The smallest absolute Gasteiger partial charge is 0.462 e. The van der Waals surface area contributed by atoms with E-state index in [1.165, 1.54) is 199 Å². The van der Waals surface area contributed by atoms with Crippen LogP contribution in [0.15, 0.2) is 0 Å². The first kappa shape index (κ1) is 90.1. The molecule has 0 aromatic carbocycles. The van der Waals surface area contributed by atoms with E-state index < -0.39 is 97.5 Å². The molecule has 0 radical (unpaired) electrons. The average molecular weight is 1350 g/mol. The van der Waals surface area contributed by atoms with Crippen LogP contribution in [-0.2, 0) is 65.4 Å². The van der Waals surface area contributed by atoms with Gasteiger partial charge in [-0.3, -0.25) is 37.3 Å². The van der Waals surface area contributed by atoms with Crippen molar-refractivity contribution in [1.29, 1.82) is 0 Å². The van der Waals surface area contributed by atoms with Crippen LogP contribution in [0.4, 0.5) is 0 Å². The van der Waals surface area contributed by atoms with Crippen LogP contribution in [0.2, 0.25) is 0 Å². The minimum atomic E-state index is -4.95. The second-order valence-electron chi connectivity index (χ2n) is 26.3. The summed E-state index contributed by atoms with van der Waals surface area (Å²) in [7, 11) is -9.89. The number of hydrogen-bond donors (Lipinski definition) is 3. The Bertz CT molecular complexity index is 1760. The molecule has 0 rings (SSSR count). The number of unbranched alkanes of at least 4 members (excludes halogenated alkanes) is 48. The Morgan fingerprint density at radius 1 is 0.261 bits per heavy atom. The third kappa shape index (κ3) is 66.7. The van der Waals surface area contributed by atoms with Crippen LogP contribution in [0.25, 0.3) is 0 Å². The molecule has 0 fully saturated rings. The molecule has 17 nitrogen and oxygen atoms in total. The van der Waals surface area contributed by atoms with E-state index in [2.05, 4.69) is 27.7 Å². The van der Waals surface area contributed by atoms with Crippen LogP contribution in [0.5, 0.6) is 0 Å². The number of rotatable bonds is 74. The Morgan fingerprint density at radius 2 is 0.435 bits per heavy atom. The maximum absolute atomic E-state index is 13.1. The van der Waals surface area contributed by atoms with Gasteiger partial charge in [0, 0.05) is 25.7 Å². The van der Waals surface area contributed by atoms with E-state index in [4.69, 9.17) is 37.0 Å². The molecule has 0 aliphatic carbocycles. The summed E-state index contributed by atoms with van der Waals surface area (Å²) in [5, 5.41) is 10.6. The molecule has 0 aromatic heterocycles. The quantitative estimate of drug-likeness (QED) is 0.0222. The fraction of sp³-hybridized carbons (Fsp3) is 0.945. The maximum Gasteiger partial charge on any atom is 0.472 e. The van der Waals surface area contributed by atoms with Gasteiger partial charge < -0.3 is 33.8 Å². The third-order valence-electron chi connectivity index (χ3n) is 17.1. The van der Waals surface area contributed by atoms with Crippen LogP contribution in [0.3, 0.4) is 0 Å². The molecule has 0 aliphatic rings. The molecule has 92 heavy (non-hydrogen) atoms. The standard InChI is InChI=1S/C73H142O17P2/c1-5-9-13-17-21-24-26-28-30-32-33-34-36-38-40-42-44-48-52-56-60-73(78)90-69(64-84-71(76)58-54-50-47-43-41-39-37-35-31-29-27-25-22-18-14-10-6-2)66-88-92(81,82)86-62-67(74)61-85-91(79,80)87-65-68(63-83-70(75)57-53-49-45-20-16-12-8-4)89-72(77)59-55-51-46-23-19-15-11-7-3/h67-69,74H,5-66H2,1-4H3,(H,79,80)(H,81,82)/t67-,68+,69+/m0/s1. The van der Waals surface area contributed by atoms with Gasteiger partial charge in [0.15, 0.2) is 12.2 Å². The number of esters is 4. The predicted molar refractivity (Wildman–Crippen MR) is 372 cm³/mol. The van der Waals surface area contributed by atoms with Crippen molar-refractivity contribution in [2.45, 2.75) is 406 Å². The highest BCUT2D eigenvalue weighted by atomic mass is 31.2. The number of carbonyl (C=O) groups is 4. The monoisotopic (exact) mass is 1350 g/mol. The van der Waals surface area contributed by atoms with E-state index in [1.54, 1.807) is 0 Å². The largest absolute Gasteiger partial charge is 0.472 e. The van der Waals surface area contributed by atoms with E-state index in [9.17, 15) is 43.2 Å². The number of aliphatic hydroxyl groups excluding tert-OH is 1. The van der Waals surface area contributed by atoms with Crippen molar-refractivity contribution in [3.05, 3.63) is 0 Å². The van der Waals surface area contributed by atoms with E-state index in [-0.39, 0.29) is 25.7 Å². The molecule has 0 saturated heterocycles. The minimum Gasteiger partial charge on any atom is -0.462 e. The van der Waals surface area contributed by atoms with Gasteiger partial charge >= 0.3 is 39.5 Å². The molecular weight excluding hydrogens is 1210 g/mol. The number of carbonyl (C=O) groups excluding carboxylic acids is 4. The Balaban J connectivity index is 5.13. The Hall–Kier alpha value is -1.94. The van der Waals surface area contributed by atoms with Crippen LogP contribution < -0.4 is 0 Å². The number of phosphoric ester groups is 2. The van der Waals surface area contributed by atoms with Gasteiger partial charge in [-0.15, -0.1) is 0 Å². The molecule has 0 amide bonds. The summed E-state index contributed by atoms with van der Waals surface area (Å²) in [4.78, 5) is 72.4. The van der Waals surface area contributed by atoms with Gasteiger partial charge in [-0.05, 0) is 25.7 Å². The third-order valence-corrected chi connectivity index (χ3v) is 19.0. The number of hydrogen-bond acceptors (Lipinski definition) is 15. The summed E-state index contributed by atoms with van der Waals surface area (Å²) in [5.74, 6) is -2.12.